The van der Waals surface area contributed by atoms with Gasteiger partial charge in [0.1, 0.15) is 10.8 Å². The number of hydrogen-bond acceptors (Lipinski definition) is 4. The molecule has 0 saturated heterocycles. The first-order chi connectivity index (χ1) is 7.44. The van der Waals surface area contributed by atoms with Crippen LogP contribution >= 0.6 is 11.6 Å². The molecule has 0 bridgehead atoms. The number of nitrogens with zero attached hydrogens (tertiary/aromatic N) is 1. The van der Waals surface area contributed by atoms with Crippen LogP contribution in [0, 0.1) is 0 Å². The molecule has 0 saturated carbocycles. The van der Waals surface area contributed by atoms with Crippen LogP contribution in [0.5, 0.6) is 0 Å². The fourth-order valence-corrected chi connectivity index (χ4v) is 1.15. The summed E-state index contributed by atoms with van der Waals surface area (Å²) in [4.78, 5) is 15.3. The van der Waals surface area contributed by atoms with Crippen molar-refractivity contribution in [2.45, 2.75) is 12.5 Å². The molecular formula is C10H13ClN2O3. The maximum atomic E-state index is 11.6. The predicted molar refractivity (Wildman–Crippen MR) is 59.3 cm³/mol. The SMILES string of the molecule is CC(O)(CO)CNC(=O)c1ccnc(Cl)c1. The van der Waals surface area contributed by atoms with Gasteiger partial charge in [-0.1, -0.05) is 11.6 Å². The number of halogens is 1. The molecule has 5 nitrogen and oxygen atoms in total. The number of carbonyl (C=O) groups excluding carboxylic acids is 1. The van der Waals surface area contributed by atoms with Crippen LogP contribution in [0.3, 0.4) is 0 Å². The molecule has 1 aromatic rings. The molecule has 88 valence electrons. The van der Waals surface area contributed by atoms with Gasteiger partial charge in [-0.2, -0.15) is 0 Å². The summed E-state index contributed by atoms with van der Waals surface area (Å²) in [6, 6.07) is 2.93. The summed E-state index contributed by atoms with van der Waals surface area (Å²) in [7, 11) is 0. The van der Waals surface area contributed by atoms with Crippen molar-refractivity contribution < 1.29 is 15.0 Å². The minimum absolute atomic E-state index is 0.0394. The van der Waals surface area contributed by atoms with E-state index in [1.165, 1.54) is 25.3 Å². The first-order valence-corrected chi connectivity index (χ1v) is 5.05. The zero-order valence-corrected chi connectivity index (χ0v) is 9.53. The summed E-state index contributed by atoms with van der Waals surface area (Å²) in [6.07, 6.45) is 1.42. The Kier molecular flexibility index (Phi) is 4.23. The van der Waals surface area contributed by atoms with E-state index in [0.717, 1.165) is 0 Å². The van der Waals surface area contributed by atoms with Gasteiger partial charge in [-0.05, 0) is 19.1 Å². The van der Waals surface area contributed by atoms with Gasteiger partial charge in [0.15, 0.2) is 0 Å². The average molecular weight is 245 g/mol. The molecule has 1 amide bonds. The van der Waals surface area contributed by atoms with Crippen molar-refractivity contribution in [2.75, 3.05) is 13.2 Å². The highest BCUT2D eigenvalue weighted by molar-refractivity contribution is 6.29. The Bertz CT molecular complexity index is 382. The Hall–Kier alpha value is -1.17. The zero-order valence-electron chi connectivity index (χ0n) is 8.77. The summed E-state index contributed by atoms with van der Waals surface area (Å²) < 4.78 is 0. The van der Waals surface area contributed by atoms with E-state index in [1.807, 2.05) is 0 Å². The normalized spacial score (nSPS) is 14.2. The molecule has 0 aliphatic rings. The fraction of sp³-hybridized carbons (Fsp3) is 0.400. The topological polar surface area (TPSA) is 82.5 Å². The highest BCUT2D eigenvalue weighted by Gasteiger charge is 2.20. The lowest BCUT2D eigenvalue weighted by molar-refractivity contribution is 0.00320. The summed E-state index contributed by atoms with van der Waals surface area (Å²) in [5, 5.41) is 21.0. The van der Waals surface area contributed by atoms with Crippen molar-refractivity contribution in [1.29, 1.82) is 0 Å². The van der Waals surface area contributed by atoms with Crippen LogP contribution in [0.1, 0.15) is 17.3 Å². The van der Waals surface area contributed by atoms with Crippen molar-refractivity contribution in [2.24, 2.45) is 0 Å². The van der Waals surface area contributed by atoms with E-state index in [1.54, 1.807) is 0 Å². The maximum Gasteiger partial charge on any atom is 0.251 e. The highest BCUT2D eigenvalue weighted by atomic mass is 35.5. The van der Waals surface area contributed by atoms with E-state index >= 15 is 0 Å². The lowest BCUT2D eigenvalue weighted by Crippen LogP contribution is -2.43. The van der Waals surface area contributed by atoms with Crippen LogP contribution in [-0.4, -0.2) is 39.9 Å². The van der Waals surface area contributed by atoms with Crippen LogP contribution in [0.2, 0.25) is 5.15 Å². The van der Waals surface area contributed by atoms with E-state index in [4.69, 9.17) is 16.7 Å². The van der Waals surface area contributed by atoms with Crippen molar-refractivity contribution >= 4 is 17.5 Å². The molecule has 1 rings (SSSR count). The third kappa shape index (κ3) is 3.77. The second-order valence-electron chi connectivity index (χ2n) is 3.70. The van der Waals surface area contributed by atoms with E-state index in [9.17, 15) is 9.90 Å². The van der Waals surface area contributed by atoms with E-state index in [0.29, 0.717) is 5.56 Å². The molecular weight excluding hydrogens is 232 g/mol. The van der Waals surface area contributed by atoms with E-state index in [2.05, 4.69) is 10.3 Å². The van der Waals surface area contributed by atoms with Gasteiger partial charge < -0.3 is 15.5 Å². The quantitative estimate of drug-likeness (QED) is 0.662. The smallest absolute Gasteiger partial charge is 0.251 e. The highest BCUT2D eigenvalue weighted by Crippen LogP contribution is 2.07. The number of rotatable bonds is 4. The van der Waals surface area contributed by atoms with Gasteiger partial charge in [-0.15, -0.1) is 0 Å². The lowest BCUT2D eigenvalue weighted by Gasteiger charge is -2.20. The molecule has 0 aliphatic heterocycles. The summed E-state index contributed by atoms with van der Waals surface area (Å²) in [5.74, 6) is -0.377. The molecule has 1 unspecified atom stereocenters. The third-order valence-corrected chi connectivity index (χ3v) is 2.17. The number of aliphatic hydroxyl groups is 2. The summed E-state index contributed by atoms with van der Waals surface area (Å²) >= 11 is 5.63. The Morgan fingerprint density at radius 1 is 1.69 bits per heavy atom. The number of hydrogen-bond donors (Lipinski definition) is 3. The molecule has 0 spiro atoms. The van der Waals surface area contributed by atoms with Gasteiger partial charge in [0.2, 0.25) is 0 Å². The standard InChI is InChI=1S/C10H13ClN2O3/c1-10(16,6-14)5-13-9(15)7-2-3-12-8(11)4-7/h2-4,14,16H,5-6H2,1H3,(H,13,15). The predicted octanol–water partition coefficient (Wildman–Crippen LogP) is 0.208. The van der Waals surface area contributed by atoms with Crippen molar-refractivity contribution in [3.63, 3.8) is 0 Å². The minimum Gasteiger partial charge on any atom is -0.393 e. The van der Waals surface area contributed by atoms with Gasteiger partial charge in [-0.3, -0.25) is 4.79 Å². The Morgan fingerprint density at radius 2 is 2.38 bits per heavy atom. The first kappa shape index (κ1) is 12.9. The molecule has 16 heavy (non-hydrogen) atoms. The zero-order chi connectivity index (χ0) is 12.2. The Balaban J connectivity index is 2.60. The number of amides is 1. The van der Waals surface area contributed by atoms with Crippen LogP contribution in [-0.2, 0) is 0 Å². The van der Waals surface area contributed by atoms with Crippen molar-refractivity contribution in [3.05, 3.63) is 29.0 Å². The third-order valence-electron chi connectivity index (χ3n) is 1.96. The second kappa shape index (κ2) is 5.25. The summed E-state index contributed by atoms with van der Waals surface area (Å²) in [5.41, 5.74) is -0.972. The Labute approximate surface area is 98.1 Å². The van der Waals surface area contributed by atoms with Crippen LogP contribution in [0.4, 0.5) is 0 Å². The largest absolute Gasteiger partial charge is 0.393 e. The van der Waals surface area contributed by atoms with Crippen molar-refractivity contribution in [3.8, 4) is 0 Å². The van der Waals surface area contributed by atoms with Crippen molar-refractivity contribution in [1.82, 2.24) is 10.3 Å². The second-order valence-corrected chi connectivity index (χ2v) is 4.09. The number of pyridine rings is 1. The van der Waals surface area contributed by atoms with Gasteiger partial charge in [-0.25, -0.2) is 4.98 Å². The van der Waals surface area contributed by atoms with E-state index < -0.39 is 12.2 Å². The molecule has 3 N–H and O–H groups in total. The van der Waals surface area contributed by atoms with Crippen LogP contribution in [0.15, 0.2) is 18.3 Å². The van der Waals surface area contributed by atoms with Gasteiger partial charge in [0, 0.05) is 18.3 Å². The van der Waals surface area contributed by atoms with E-state index in [-0.39, 0.29) is 17.6 Å². The average Bonchev–Trinajstić information content (AvgIpc) is 2.26. The lowest BCUT2D eigenvalue weighted by atomic mass is 10.1. The molecule has 0 fully saturated rings. The number of aliphatic hydroxyl groups excluding tert-OH is 1. The molecule has 0 radical (unpaired) electrons. The molecule has 0 aromatic carbocycles. The molecule has 1 aromatic heterocycles. The monoisotopic (exact) mass is 244 g/mol. The van der Waals surface area contributed by atoms with Gasteiger partial charge in [0.25, 0.3) is 5.91 Å². The van der Waals surface area contributed by atoms with Crippen LogP contribution < -0.4 is 5.32 Å². The summed E-state index contributed by atoms with van der Waals surface area (Å²) in [6.45, 7) is 0.958. The Morgan fingerprint density at radius 3 is 2.94 bits per heavy atom. The number of nitrogens with one attached hydrogen (secondary N) is 1. The first-order valence-electron chi connectivity index (χ1n) is 4.67. The molecule has 1 atom stereocenters. The molecule has 6 heteroatoms. The van der Waals surface area contributed by atoms with Gasteiger partial charge >= 0.3 is 0 Å². The van der Waals surface area contributed by atoms with Gasteiger partial charge in [0.05, 0.1) is 6.61 Å². The number of aromatic nitrogens is 1. The number of carbonyl (C=O) groups is 1. The fourth-order valence-electron chi connectivity index (χ4n) is 0.972. The van der Waals surface area contributed by atoms with Crippen LogP contribution in [0.25, 0.3) is 0 Å². The molecule has 1 heterocycles. The maximum absolute atomic E-state index is 11.6. The molecule has 0 aliphatic carbocycles. The minimum atomic E-state index is -1.33.